The predicted octanol–water partition coefficient (Wildman–Crippen LogP) is 1.55. The van der Waals surface area contributed by atoms with E-state index >= 15 is 0 Å². The summed E-state index contributed by atoms with van der Waals surface area (Å²) in [5.41, 5.74) is 0. The van der Waals surface area contributed by atoms with Crippen LogP contribution in [-0.2, 0) is 9.59 Å². The van der Waals surface area contributed by atoms with E-state index in [2.05, 4.69) is 5.32 Å². The van der Waals surface area contributed by atoms with Gasteiger partial charge in [0.1, 0.15) is 0 Å². The molecule has 0 heterocycles. The summed E-state index contributed by atoms with van der Waals surface area (Å²) in [5.74, 6) is 0.134. The van der Waals surface area contributed by atoms with Gasteiger partial charge in [-0.1, -0.05) is 12.8 Å². The number of carboxylic acid groups (broad SMARTS) is 1. The Labute approximate surface area is 90.0 Å². The number of hydrogen-bond acceptors (Lipinski definition) is 2. The minimum Gasteiger partial charge on any atom is -0.481 e. The first-order chi connectivity index (χ1) is 7.18. The summed E-state index contributed by atoms with van der Waals surface area (Å²) in [5, 5.41) is 11.2. The molecule has 1 saturated carbocycles. The lowest BCUT2D eigenvalue weighted by molar-refractivity contribution is -0.137. The van der Waals surface area contributed by atoms with E-state index in [4.69, 9.17) is 5.11 Å². The normalized spacial score (nSPS) is 14.9. The third-order valence-corrected chi connectivity index (χ3v) is 2.62. The second-order valence-corrected chi connectivity index (χ2v) is 4.18. The number of unbranched alkanes of at least 4 members (excludes halogenated alkanes) is 1. The van der Waals surface area contributed by atoms with Crippen LogP contribution in [-0.4, -0.2) is 23.5 Å². The van der Waals surface area contributed by atoms with Gasteiger partial charge in [0.05, 0.1) is 0 Å². The number of rotatable bonds is 8. The zero-order valence-corrected chi connectivity index (χ0v) is 9.00. The van der Waals surface area contributed by atoms with E-state index in [0.717, 1.165) is 18.8 Å². The van der Waals surface area contributed by atoms with Crippen LogP contribution in [0.15, 0.2) is 0 Å². The van der Waals surface area contributed by atoms with Crippen molar-refractivity contribution in [3.63, 3.8) is 0 Å². The molecule has 2 N–H and O–H groups in total. The van der Waals surface area contributed by atoms with Crippen molar-refractivity contribution in [2.45, 2.75) is 44.9 Å². The number of carbonyl (C=O) groups excluding carboxylic acids is 1. The van der Waals surface area contributed by atoms with Crippen LogP contribution in [0.2, 0.25) is 0 Å². The molecule has 0 aromatic carbocycles. The molecule has 0 aromatic heterocycles. The third kappa shape index (κ3) is 6.94. The van der Waals surface area contributed by atoms with Crippen LogP contribution >= 0.6 is 0 Å². The maximum absolute atomic E-state index is 11.2. The van der Waals surface area contributed by atoms with Gasteiger partial charge in [-0.05, 0) is 25.2 Å². The van der Waals surface area contributed by atoms with Crippen LogP contribution in [0.1, 0.15) is 44.9 Å². The second-order valence-electron chi connectivity index (χ2n) is 4.18. The zero-order valence-electron chi connectivity index (χ0n) is 9.00. The van der Waals surface area contributed by atoms with E-state index < -0.39 is 5.97 Å². The van der Waals surface area contributed by atoms with Gasteiger partial charge in [0.2, 0.25) is 5.91 Å². The number of carboxylic acids is 1. The first-order valence-corrected chi connectivity index (χ1v) is 5.67. The van der Waals surface area contributed by atoms with Gasteiger partial charge in [-0.15, -0.1) is 0 Å². The molecule has 4 nitrogen and oxygen atoms in total. The molecule has 0 unspecified atom stereocenters. The fourth-order valence-electron chi connectivity index (χ4n) is 1.46. The molecule has 0 aliphatic heterocycles. The van der Waals surface area contributed by atoms with Crippen molar-refractivity contribution >= 4 is 11.9 Å². The summed E-state index contributed by atoms with van der Waals surface area (Å²) in [6, 6.07) is 0. The van der Waals surface area contributed by atoms with Crippen LogP contribution in [0.5, 0.6) is 0 Å². The van der Waals surface area contributed by atoms with E-state index in [1.54, 1.807) is 0 Å². The van der Waals surface area contributed by atoms with Gasteiger partial charge in [0.25, 0.3) is 0 Å². The topological polar surface area (TPSA) is 66.4 Å². The number of nitrogens with one attached hydrogen (secondary N) is 1. The van der Waals surface area contributed by atoms with E-state index in [1.807, 2.05) is 0 Å². The standard InChI is InChI=1S/C11H19NO3/c13-10(7-6-9-4-5-9)12-8-2-1-3-11(14)15/h9H,1-8H2,(H,12,13)(H,14,15). The first kappa shape index (κ1) is 12.0. The Morgan fingerprint density at radius 3 is 2.53 bits per heavy atom. The van der Waals surface area contributed by atoms with E-state index in [9.17, 15) is 9.59 Å². The van der Waals surface area contributed by atoms with Gasteiger partial charge in [-0.3, -0.25) is 9.59 Å². The molecule has 0 saturated heterocycles. The summed E-state index contributed by atoms with van der Waals surface area (Å²) >= 11 is 0. The van der Waals surface area contributed by atoms with Crippen molar-refractivity contribution in [2.75, 3.05) is 6.54 Å². The monoisotopic (exact) mass is 213 g/mol. The Kier molecular flexibility index (Phi) is 5.15. The van der Waals surface area contributed by atoms with E-state index in [-0.39, 0.29) is 12.3 Å². The fourth-order valence-corrected chi connectivity index (χ4v) is 1.46. The number of amides is 1. The molecule has 15 heavy (non-hydrogen) atoms. The van der Waals surface area contributed by atoms with Crippen LogP contribution in [0.4, 0.5) is 0 Å². The molecule has 0 radical (unpaired) electrons. The Hall–Kier alpha value is -1.06. The number of aliphatic carboxylic acids is 1. The molecule has 0 bridgehead atoms. The van der Waals surface area contributed by atoms with Crippen molar-refractivity contribution in [3.05, 3.63) is 0 Å². The molecular weight excluding hydrogens is 194 g/mol. The van der Waals surface area contributed by atoms with Crippen LogP contribution in [0.3, 0.4) is 0 Å². The molecule has 1 fully saturated rings. The molecular formula is C11H19NO3. The van der Waals surface area contributed by atoms with Gasteiger partial charge >= 0.3 is 5.97 Å². The Morgan fingerprint density at radius 2 is 1.93 bits per heavy atom. The van der Waals surface area contributed by atoms with Gasteiger partial charge in [-0.2, -0.15) is 0 Å². The Morgan fingerprint density at radius 1 is 1.20 bits per heavy atom. The molecule has 1 aliphatic carbocycles. The molecule has 86 valence electrons. The average molecular weight is 213 g/mol. The largest absolute Gasteiger partial charge is 0.481 e. The zero-order chi connectivity index (χ0) is 11.1. The van der Waals surface area contributed by atoms with Gasteiger partial charge < -0.3 is 10.4 Å². The minimum atomic E-state index is -0.768. The Bertz CT molecular complexity index is 224. The van der Waals surface area contributed by atoms with Crippen molar-refractivity contribution in [3.8, 4) is 0 Å². The SMILES string of the molecule is O=C(O)CCCCNC(=O)CCC1CC1. The third-order valence-electron chi connectivity index (χ3n) is 2.62. The average Bonchev–Trinajstić information content (AvgIpc) is 2.97. The quantitative estimate of drug-likeness (QED) is 0.601. The minimum absolute atomic E-state index is 0.109. The lowest BCUT2D eigenvalue weighted by atomic mass is 10.2. The molecule has 4 heteroatoms. The molecule has 1 amide bonds. The molecule has 0 aromatic rings. The molecule has 1 aliphatic rings. The highest BCUT2D eigenvalue weighted by atomic mass is 16.4. The van der Waals surface area contributed by atoms with Crippen molar-refractivity contribution in [1.82, 2.24) is 5.32 Å². The van der Waals surface area contributed by atoms with Crippen LogP contribution in [0, 0.1) is 5.92 Å². The highest BCUT2D eigenvalue weighted by Gasteiger charge is 2.21. The van der Waals surface area contributed by atoms with Gasteiger partial charge in [0, 0.05) is 19.4 Å². The highest BCUT2D eigenvalue weighted by molar-refractivity contribution is 5.75. The van der Waals surface area contributed by atoms with E-state index in [0.29, 0.717) is 19.4 Å². The summed E-state index contributed by atoms with van der Waals surface area (Å²) in [6.45, 7) is 0.608. The maximum Gasteiger partial charge on any atom is 0.303 e. The lowest BCUT2D eigenvalue weighted by Gasteiger charge is -2.03. The lowest BCUT2D eigenvalue weighted by Crippen LogP contribution is -2.24. The van der Waals surface area contributed by atoms with Crippen LogP contribution < -0.4 is 5.32 Å². The molecule has 0 atom stereocenters. The molecule has 0 spiro atoms. The smallest absolute Gasteiger partial charge is 0.303 e. The van der Waals surface area contributed by atoms with Crippen molar-refractivity contribution < 1.29 is 14.7 Å². The summed E-state index contributed by atoms with van der Waals surface area (Å²) in [4.78, 5) is 21.4. The number of hydrogen-bond donors (Lipinski definition) is 2. The molecule has 1 rings (SSSR count). The van der Waals surface area contributed by atoms with E-state index in [1.165, 1.54) is 12.8 Å². The Balaban J connectivity index is 1.85. The summed E-state index contributed by atoms with van der Waals surface area (Å²) in [7, 11) is 0. The fraction of sp³-hybridized carbons (Fsp3) is 0.818. The van der Waals surface area contributed by atoms with Gasteiger partial charge in [-0.25, -0.2) is 0 Å². The maximum atomic E-state index is 11.2. The summed E-state index contributed by atoms with van der Waals surface area (Å²) in [6.07, 6.45) is 5.79. The van der Waals surface area contributed by atoms with Gasteiger partial charge in [0.15, 0.2) is 0 Å². The van der Waals surface area contributed by atoms with Crippen molar-refractivity contribution in [2.24, 2.45) is 5.92 Å². The predicted molar refractivity (Wildman–Crippen MR) is 56.5 cm³/mol. The first-order valence-electron chi connectivity index (χ1n) is 5.67. The second kappa shape index (κ2) is 6.43. The van der Waals surface area contributed by atoms with Crippen LogP contribution in [0.25, 0.3) is 0 Å². The summed E-state index contributed by atoms with van der Waals surface area (Å²) < 4.78 is 0. The number of carbonyl (C=O) groups is 2. The highest BCUT2D eigenvalue weighted by Crippen LogP contribution is 2.33. The van der Waals surface area contributed by atoms with Crippen molar-refractivity contribution in [1.29, 1.82) is 0 Å².